The van der Waals surface area contributed by atoms with Crippen LogP contribution in [0.1, 0.15) is 19.7 Å². The van der Waals surface area contributed by atoms with Crippen molar-refractivity contribution in [2.75, 3.05) is 18.6 Å². The van der Waals surface area contributed by atoms with Crippen molar-refractivity contribution >= 4 is 56.3 Å². The van der Waals surface area contributed by atoms with Gasteiger partial charge in [0.1, 0.15) is 5.75 Å². The van der Waals surface area contributed by atoms with Gasteiger partial charge in [-0.2, -0.15) is 0 Å². The van der Waals surface area contributed by atoms with Gasteiger partial charge in [-0.3, -0.25) is 0 Å². The first-order valence-electron chi connectivity index (χ1n) is 10.3. The first-order chi connectivity index (χ1) is 15.2. The monoisotopic (exact) mass is 450 g/mol. The van der Waals surface area contributed by atoms with E-state index in [0.29, 0.717) is 0 Å². The summed E-state index contributed by atoms with van der Waals surface area (Å²) >= 11 is 3.23. The third-order valence-corrected chi connectivity index (χ3v) is 7.49. The highest BCUT2D eigenvalue weighted by Gasteiger charge is 2.25. The van der Waals surface area contributed by atoms with Gasteiger partial charge in [-0.25, -0.2) is 9.13 Å². The summed E-state index contributed by atoms with van der Waals surface area (Å²) in [6, 6.07) is 10.6. The van der Waals surface area contributed by atoms with Crippen LogP contribution in [0.25, 0.3) is 27.3 Å². The van der Waals surface area contributed by atoms with E-state index in [0.717, 1.165) is 40.4 Å². The largest absolute Gasteiger partial charge is 0.497 e. The Kier molecular flexibility index (Phi) is 5.19. The fourth-order valence-corrected chi connectivity index (χ4v) is 5.88. The Morgan fingerprint density at radius 1 is 1.16 bits per heavy atom. The number of imidazole rings is 1. The van der Waals surface area contributed by atoms with Gasteiger partial charge in [0.25, 0.3) is 5.82 Å². The zero-order valence-electron chi connectivity index (χ0n) is 18.0. The maximum atomic E-state index is 5.41. The summed E-state index contributed by atoms with van der Waals surface area (Å²) in [5.74, 6) is 2.03. The van der Waals surface area contributed by atoms with Gasteiger partial charge in [-0.1, -0.05) is 22.3 Å². The summed E-state index contributed by atoms with van der Waals surface area (Å²) in [7, 11) is 3.81. The van der Waals surface area contributed by atoms with Crippen molar-refractivity contribution in [3.8, 4) is 5.75 Å². The molecule has 31 heavy (non-hydrogen) atoms. The highest BCUT2D eigenvalue weighted by Crippen LogP contribution is 2.47. The van der Waals surface area contributed by atoms with Crippen LogP contribution in [0.2, 0.25) is 0 Å². The molecule has 0 saturated carbocycles. The number of anilines is 1. The van der Waals surface area contributed by atoms with Gasteiger partial charge < -0.3 is 9.64 Å². The average Bonchev–Trinajstić information content (AvgIpc) is 3.47. The number of ether oxygens (including phenoxy) is 1. The second kappa shape index (κ2) is 8.01. The summed E-state index contributed by atoms with van der Waals surface area (Å²) in [5, 5.41) is 5.59. The topological polar surface area (TPSA) is 47.1 Å². The van der Waals surface area contributed by atoms with Crippen molar-refractivity contribution in [2.45, 2.75) is 25.3 Å². The molecule has 0 N–H and O–H groups in total. The van der Waals surface area contributed by atoms with Gasteiger partial charge in [-0.05, 0) is 55.7 Å². The number of aryl methyl sites for hydroxylation is 2. The van der Waals surface area contributed by atoms with Crippen LogP contribution < -0.4 is 14.2 Å². The third kappa shape index (κ3) is 3.21. The summed E-state index contributed by atoms with van der Waals surface area (Å²) in [5.41, 5.74) is 4.49. The van der Waals surface area contributed by atoms with Gasteiger partial charge in [0.2, 0.25) is 5.52 Å². The first kappa shape index (κ1) is 20.1. The van der Waals surface area contributed by atoms with Gasteiger partial charge in [0.15, 0.2) is 11.0 Å². The van der Waals surface area contributed by atoms with E-state index in [1.54, 1.807) is 18.9 Å². The number of aromatic nitrogens is 4. The SMILES string of the molecule is CCN1C(=CC=Cc2n(CC)c3ccc4snnc4c3[n+]2C)Sc2ccc(OC)cc21. The van der Waals surface area contributed by atoms with Crippen LogP contribution in [0.5, 0.6) is 5.75 Å². The molecule has 5 rings (SSSR count). The Morgan fingerprint density at radius 2 is 2.03 bits per heavy atom. The summed E-state index contributed by atoms with van der Waals surface area (Å²) in [6.45, 7) is 6.14. The van der Waals surface area contributed by atoms with Gasteiger partial charge in [-0.15, -0.1) is 5.10 Å². The smallest absolute Gasteiger partial charge is 0.282 e. The van der Waals surface area contributed by atoms with Crippen LogP contribution in [0.15, 0.2) is 52.4 Å². The summed E-state index contributed by atoms with van der Waals surface area (Å²) < 4.78 is 15.2. The fraction of sp³-hybridized carbons (Fsp3) is 0.261. The second-order valence-electron chi connectivity index (χ2n) is 7.26. The lowest BCUT2D eigenvalue weighted by molar-refractivity contribution is -0.647. The molecule has 4 aromatic rings. The highest BCUT2D eigenvalue weighted by molar-refractivity contribution is 8.03. The standard InChI is InChI=1S/C23H24N5OS2/c1-5-27-16-11-13-19-22(24-25-31-19)23(16)26(3)20(27)8-7-9-21-28(6-2)17-14-15(29-4)10-12-18(17)30-21/h7-14H,5-6H2,1-4H3/q+1. The predicted molar refractivity (Wildman–Crippen MR) is 129 cm³/mol. The molecule has 1 aliphatic rings. The number of hydrogen-bond donors (Lipinski definition) is 0. The molecule has 2 aromatic carbocycles. The Labute approximate surface area is 189 Å². The number of thioether (sulfide) groups is 1. The lowest BCUT2D eigenvalue weighted by Gasteiger charge is -2.18. The zero-order valence-corrected chi connectivity index (χ0v) is 19.6. The molecule has 8 heteroatoms. The quantitative estimate of drug-likeness (QED) is 0.401. The number of benzene rings is 2. The summed E-state index contributed by atoms with van der Waals surface area (Å²) in [6.07, 6.45) is 6.52. The molecule has 6 nitrogen and oxygen atoms in total. The summed E-state index contributed by atoms with van der Waals surface area (Å²) in [4.78, 5) is 3.58. The van der Waals surface area contributed by atoms with Crippen LogP contribution in [0.4, 0.5) is 5.69 Å². The van der Waals surface area contributed by atoms with Crippen LogP contribution >= 0.6 is 23.3 Å². The van der Waals surface area contributed by atoms with E-state index in [1.807, 2.05) is 6.07 Å². The minimum atomic E-state index is 0.886. The van der Waals surface area contributed by atoms with E-state index < -0.39 is 0 Å². The number of methoxy groups -OCH3 is 1. The van der Waals surface area contributed by atoms with Crippen molar-refractivity contribution in [3.63, 3.8) is 0 Å². The Balaban J connectivity index is 1.53. The Bertz CT molecular complexity index is 1350. The molecule has 0 aliphatic carbocycles. The second-order valence-corrected chi connectivity index (χ2v) is 9.11. The first-order valence-corrected chi connectivity index (χ1v) is 11.9. The van der Waals surface area contributed by atoms with E-state index in [2.05, 4.69) is 87.0 Å². The van der Waals surface area contributed by atoms with Gasteiger partial charge >= 0.3 is 0 Å². The van der Waals surface area contributed by atoms with Crippen molar-refractivity contribution in [1.82, 2.24) is 14.2 Å². The van der Waals surface area contributed by atoms with Crippen molar-refractivity contribution in [2.24, 2.45) is 7.05 Å². The molecule has 0 radical (unpaired) electrons. The minimum absolute atomic E-state index is 0.886. The lowest BCUT2D eigenvalue weighted by atomic mass is 10.2. The molecule has 0 spiro atoms. The predicted octanol–water partition coefficient (Wildman–Crippen LogP) is 4.99. The molecule has 0 bridgehead atoms. The Hall–Kier alpha value is -2.84. The van der Waals surface area contributed by atoms with Crippen molar-refractivity contribution in [3.05, 3.63) is 53.3 Å². The van der Waals surface area contributed by atoms with E-state index in [9.17, 15) is 0 Å². The van der Waals surface area contributed by atoms with Gasteiger partial charge in [0, 0.05) is 23.6 Å². The molecule has 0 amide bonds. The normalized spacial score (nSPS) is 15.1. The maximum absolute atomic E-state index is 5.41. The molecule has 2 aromatic heterocycles. The van der Waals surface area contributed by atoms with E-state index >= 15 is 0 Å². The fourth-order valence-electron chi connectivity index (χ4n) is 4.20. The average molecular weight is 451 g/mol. The molecule has 0 unspecified atom stereocenters. The Morgan fingerprint density at radius 3 is 2.81 bits per heavy atom. The molecule has 1 aliphatic heterocycles. The molecular weight excluding hydrogens is 426 g/mol. The number of hydrogen-bond acceptors (Lipinski definition) is 6. The van der Waals surface area contributed by atoms with Crippen molar-refractivity contribution < 1.29 is 9.30 Å². The molecular formula is C23H24N5OS2+. The lowest BCUT2D eigenvalue weighted by Crippen LogP contribution is -2.31. The number of rotatable bonds is 5. The zero-order chi connectivity index (χ0) is 21.5. The number of fused-ring (bicyclic) bond motifs is 4. The third-order valence-electron chi connectivity index (χ3n) is 5.67. The van der Waals surface area contributed by atoms with E-state index in [1.165, 1.54) is 32.7 Å². The van der Waals surface area contributed by atoms with Gasteiger partial charge in [0.05, 0.1) is 36.1 Å². The molecule has 0 fully saturated rings. The molecule has 3 heterocycles. The maximum Gasteiger partial charge on any atom is 0.282 e. The van der Waals surface area contributed by atoms with Crippen LogP contribution in [0, 0.1) is 0 Å². The van der Waals surface area contributed by atoms with E-state index in [-0.39, 0.29) is 0 Å². The molecule has 158 valence electrons. The van der Waals surface area contributed by atoms with Crippen LogP contribution in [0.3, 0.4) is 0 Å². The highest BCUT2D eigenvalue weighted by atomic mass is 32.2. The van der Waals surface area contributed by atoms with E-state index in [4.69, 9.17) is 4.74 Å². The number of nitrogens with zero attached hydrogens (tertiary/aromatic N) is 5. The molecule has 0 atom stereocenters. The minimum Gasteiger partial charge on any atom is -0.497 e. The molecule has 0 saturated heterocycles. The number of allylic oxidation sites excluding steroid dienone is 2. The van der Waals surface area contributed by atoms with Crippen molar-refractivity contribution in [1.29, 1.82) is 0 Å². The van der Waals surface area contributed by atoms with Crippen LogP contribution in [-0.2, 0) is 13.6 Å². The van der Waals surface area contributed by atoms with Crippen LogP contribution in [-0.4, -0.2) is 27.8 Å².